The van der Waals surface area contributed by atoms with Crippen LogP contribution in [0.5, 0.6) is 17.2 Å². The fourth-order valence-electron chi connectivity index (χ4n) is 3.68. The zero-order chi connectivity index (χ0) is 21.1. The Kier molecular flexibility index (Phi) is 5.63. The molecule has 0 radical (unpaired) electrons. The van der Waals surface area contributed by atoms with Crippen LogP contribution < -0.4 is 14.2 Å². The number of fused-ring (bicyclic) bond motifs is 1. The number of hydrogen-bond donors (Lipinski definition) is 0. The summed E-state index contributed by atoms with van der Waals surface area (Å²) in [6, 6.07) is 14.9. The molecule has 1 aromatic heterocycles. The highest BCUT2D eigenvalue weighted by atomic mass is 16.6. The van der Waals surface area contributed by atoms with Crippen molar-refractivity contribution in [1.82, 2.24) is 4.90 Å². The van der Waals surface area contributed by atoms with E-state index in [1.807, 2.05) is 47.4 Å². The number of cyclic esters (lactones) is 1. The highest BCUT2D eigenvalue weighted by Crippen LogP contribution is 2.40. The molecule has 0 fully saturated rings. The summed E-state index contributed by atoms with van der Waals surface area (Å²) in [5.74, 6) is 2.09. The molecule has 1 atom stereocenters. The maximum Gasteiger partial charge on any atom is 0.340 e. The number of ether oxygens (including phenoxy) is 4. The minimum absolute atomic E-state index is 0.329. The molecule has 0 saturated heterocycles. The molecule has 7 nitrogen and oxygen atoms in total. The first-order valence-electron chi connectivity index (χ1n) is 9.49. The van der Waals surface area contributed by atoms with Crippen LogP contribution in [-0.2, 0) is 17.8 Å². The Morgan fingerprint density at radius 2 is 1.67 bits per heavy atom. The van der Waals surface area contributed by atoms with Gasteiger partial charge in [-0.1, -0.05) is 18.2 Å². The number of rotatable bonds is 8. The number of benzene rings is 2. The average Bonchev–Trinajstić information content (AvgIpc) is 3.40. The van der Waals surface area contributed by atoms with Gasteiger partial charge in [0.2, 0.25) is 5.75 Å². The van der Waals surface area contributed by atoms with Crippen LogP contribution in [0.4, 0.5) is 0 Å². The number of carbonyl (C=O) groups is 1. The maximum absolute atomic E-state index is 12.4. The number of carbonyl (C=O) groups excluding carboxylic acids is 1. The summed E-state index contributed by atoms with van der Waals surface area (Å²) < 4.78 is 27.7. The Bertz CT molecular complexity index is 1000. The second-order valence-electron chi connectivity index (χ2n) is 6.86. The normalized spacial score (nSPS) is 15.1. The van der Waals surface area contributed by atoms with Gasteiger partial charge in [0.1, 0.15) is 5.76 Å². The van der Waals surface area contributed by atoms with Gasteiger partial charge in [0.15, 0.2) is 17.7 Å². The van der Waals surface area contributed by atoms with Crippen molar-refractivity contribution in [1.29, 1.82) is 0 Å². The van der Waals surface area contributed by atoms with Crippen molar-refractivity contribution >= 4 is 5.97 Å². The number of hydrogen-bond acceptors (Lipinski definition) is 7. The predicted molar refractivity (Wildman–Crippen MR) is 109 cm³/mol. The van der Waals surface area contributed by atoms with Crippen molar-refractivity contribution in [2.75, 3.05) is 21.3 Å². The van der Waals surface area contributed by atoms with Gasteiger partial charge in [-0.25, -0.2) is 4.79 Å². The Morgan fingerprint density at radius 3 is 2.30 bits per heavy atom. The lowest BCUT2D eigenvalue weighted by molar-refractivity contribution is -0.0335. The first-order chi connectivity index (χ1) is 14.6. The molecule has 156 valence electrons. The lowest BCUT2D eigenvalue weighted by atomic mass is 10.1. The SMILES string of the molecule is COc1cc(CN(Cc2ccco2)C2OC(=O)c3ccccc32)cc(OC)c1OC. The van der Waals surface area contributed by atoms with Crippen molar-refractivity contribution in [3.8, 4) is 17.2 Å². The molecule has 1 unspecified atom stereocenters. The van der Waals surface area contributed by atoms with Crippen molar-refractivity contribution in [3.05, 3.63) is 77.2 Å². The van der Waals surface area contributed by atoms with Crippen molar-refractivity contribution in [2.24, 2.45) is 0 Å². The second kappa shape index (κ2) is 8.51. The third kappa shape index (κ3) is 3.71. The van der Waals surface area contributed by atoms with Gasteiger partial charge in [-0.05, 0) is 35.9 Å². The van der Waals surface area contributed by atoms with Crippen LogP contribution in [0, 0.1) is 0 Å². The van der Waals surface area contributed by atoms with Crippen LogP contribution in [0.2, 0.25) is 0 Å². The van der Waals surface area contributed by atoms with E-state index in [0.29, 0.717) is 35.9 Å². The van der Waals surface area contributed by atoms with E-state index >= 15 is 0 Å². The van der Waals surface area contributed by atoms with E-state index in [2.05, 4.69) is 0 Å². The summed E-state index contributed by atoms with van der Waals surface area (Å²) in [6.07, 6.45) is 1.10. The zero-order valence-electron chi connectivity index (χ0n) is 17.1. The minimum atomic E-state index is -0.530. The molecule has 7 heteroatoms. The van der Waals surface area contributed by atoms with Gasteiger partial charge in [0.05, 0.1) is 39.7 Å². The maximum atomic E-state index is 12.4. The van der Waals surface area contributed by atoms with Gasteiger partial charge in [-0.15, -0.1) is 0 Å². The summed E-state index contributed by atoms with van der Waals surface area (Å²) >= 11 is 0. The van der Waals surface area contributed by atoms with Crippen LogP contribution in [0.1, 0.15) is 33.5 Å². The molecule has 30 heavy (non-hydrogen) atoms. The fourth-order valence-corrected chi connectivity index (χ4v) is 3.68. The summed E-state index contributed by atoms with van der Waals surface area (Å²) in [5.41, 5.74) is 2.33. The molecule has 3 aromatic rings. The Balaban J connectivity index is 1.71. The van der Waals surface area contributed by atoms with Crippen molar-refractivity contribution in [3.63, 3.8) is 0 Å². The number of methoxy groups -OCH3 is 3. The Hall–Kier alpha value is -3.45. The van der Waals surface area contributed by atoms with E-state index in [1.54, 1.807) is 33.7 Å². The molecule has 1 aliphatic heterocycles. The van der Waals surface area contributed by atoms with E-state index in [-0.39, 0.29) is 5.97 Å². The molecule has 2 aromatic carbocycles. The molecule has 0 amide bonds. The van der Waals surface area contributed by atoms with Crippen molar-refractivity contribution < 1.29 is 28.2 Å². The molecule has 0 bridgehead atoms. The first kappa shape index (κ1) is 19.8. The smallest absolute Gasteiger partial charge is 0.340 e. The third-order valence-electron chi connectivity index (χ3n) is 5.05. The van der Waals surface area contributed by atoms with E-state index in [4.69, 9.17) is 23.4 Å². The number of furan rings is 1. The fraction of sp³-hybridized carbons (Fsp3) is 0.261. The topological polar surface area (TPSA) is 70.4 Å². The molecular formula is C23H23NO6. The second-order valence-corrected chi connectivity index (χ2v) is 6.86. The van der Waals surface area contributed by atoms with Crippen LogP contribution >= 0.6 is 0 Å². The van der Waals surface area contributed by atoms with Gasteiger partial charge < -0.3 is 23.4 Å². The third-order valence-corrected chi connectivity index (χ3v) is 5.05. The quantitative estimate of drug-likeness (QED) is 0.517. The van der Waals surface area contributed by atoms with Gasteiger partial charge in [-0.2, -0.15) is 0 Å². The molecule has 0 saturated carbocycles. The Labute approximate surface area is 174 Å². The highest BCUT2D eigenvalue weighted by molar-refractivity contribution is 5.93. The monoisotopic (exact) mass is 409 g/mol. The molecule has 0 spiro atoms. The largest absolute Gasteiger partial charge is 0.493 e. The zero-order valence-corrected chi connectivity index (χ0v) is 17.1. The predicted octanol–water partition coefficient (Wildman–Crippen LogP) is 4.18. The van der Waals surface area contributed by atoms with Gasteiger partial charge in [0.25, 0.3) is 0 Å². The molecule has 0 aliphatic carbocycles. The van der Waals surface area contributed by atoms with Gasteiger partial charge in [0, 0.05) is 12.1 Å². The minimum Gasteiger partial charge on any atom is -0.493 e. The lowest BCUT2D eigenvalue weighted by Crippen LogP contribution is -2.28. The van der Waals surface area contributed by atoms with Crippen LogP contribution in [0.3, 0.4) is 0 Å². The summed E-state index contributed by atoms with van der Waals surface area (Å²) in [5, 5.41) is 0. The molecule has 4 rings (SSSR count). The van der Waals surface area contributed by atoms with E-state index in [0.717, 1.165) is 16.9 Å². The lowest BCUT2D eigenvalue weighted by Gasteiger charge is -2.28. The molecular weight excluding hydrogens is 386 g/mol. The van der Waals surface area contributed by atoms with E-state index < -0.39 is 6.23 Å². The highest BCUT2D eigenvalue weighted by Gasteiger charge is 2.35. The number of esters is 1. The standard InChI is InChI=1S/C23H23NO6/c1-26-19-11-15(12-20(27-2)21(19)28-3)13-24(14-16-7-6-10-29-16)22-17-8-4-5-9-18(17)23(25)30-22/h4-12,22H,13-14H2,1-3H3. The average molecular weight is 409 g/mol. The van der Waals surface area contributed by atoms with Gasteiger partial charge >= 0.3 is 5.97 Å². The van der Waals surface area contributed by atoms with E-state index in [1.165, 1.54) is 0 Å². The summed E-state index contributed by atoms with van der Waals surface area (Å²) in [4.78, 5) is 14.4. The Morgan fingerprint density at radius 1 is 0.933 bits per heavy atom. The molecule has 2 heterocycles. The summed E-state index contributed by atoms with van der Waals surface area (Å²) in [7, 11) is 4.73. The van der Waals surface area contributed by atoms with E-state index in [9.17, 15) is 4.79 Å². The van der Waals surface area contributed by atoms with Crippen molar-refractivity contribution in [2.45, 2.75) is 19.3 Å². The van der Waals surface area contributed by atoms with Gasteiger partial charge in [-0.3, -0.25) is 4.90 Å². The van der Waals surface area contributed by atoms with Crippen LogP contribution in [0.25, 0.3) is 0 Å². The first-order valence-corrected chi connectivity index (χ1v) is 9.49. The molecule has 1 aliphatic rings. The molecule has 0 N–H and O–H groups in total. The summed E-state index contributed by atoms with van der Waals surface area (Å²) in [6.45, 7) is 0.916. The number of nitrogens with zero attached hydrogens (tertiary/aromatic N) is 1. The van der Waals surface area contributed by atoms with Crippen LogP contribution in [-0.4, -0.2) is 32.2 Å². The van der Waals surface area contributed by atoms with Crippen LogP contribution in [0.15, 0.2) is 59.2 Å².